The topological polar surface area (TPSA) is 61.4 Å². The van der Waals surface area contributed by atoms with E-state index in [1.54, 1.807) is 0 Å². The molecule has 1 amide bonds. The molecule has 1 aromatic carbocycles. The number of aliphatic hydroxyl groups is 1. The Labute approximate surface area is 126 Å². The van der Waals surface area contributed by atoms with Crippen molar-refractivity contribution in [3.63, 3.8) is 0 Å². The van der Waals surface area contributed by atoms with Gasteiger partial charge in [0.15, 0.2) is 0 Å². The number of carbonyl (C=O) groups is 1. The second kappa shape index (κ2) is 7.46. The van der Waals surface area contributed by atoms with E-state index < -0.39 is 0 Å². The molecule has 0 spiro atoms. The van der Waals surface area contributed by atoms with Crippen LogP contribution in [0.4, 0.5) is 5.69 Å². The molecule has 2 rings (SSSR count). The van der Waals surface area contributed by atoms with Gasteiger partial charge in [-0.1, -0.05) is 13.8 Å². The third-order valence-corrected chi connectivity index (χ3v) is 4.33. The number of rotatable bonds is 5. The van der Waals surface area contributed by atoms with Crippen LogP contribution in [0.15, 0.2) is 24.3 Å². The Morgan fingerprint density at radius 1 is 1.24 bits per heavy atom. The van der Waals surface area contributed by atoms with E-state index in [9.17, 15) is 4.79 Å². The van der Waals surface area contributed by atoms with Crippen LogP contribution < -0.4 is 10.6 Å². The molecule has 1 saturated carbocycles. The van der Waals surface area contributed by atoms with Crippen LogP contribution in [0.3, 0.4) is 0 Å². The number of hydrogen-bond acceptors (Lipinski definition) is 3. The molecule has 0 bridgehead atoms. The fraction of sp³-hybridized carbons (Fsp3) is 0.588. The summed E-state index contributed by atoms with van der Waals surface area (Å²) in [6.07, 6.45) is 3.77. The first-order valence-corrected chi connectivity index (χ1v) is 7.85. The predicted molar refractivity (Wildman–Crippen MR) is 85.5 cm³/mol. The Kier molecular flexibility index (Phi) is 5.62. The van der Waals surface area contributed by atoms with Gasteiger partial charge in [0.25, 0.3) is 5.91 Å². The molecule has 0 aromatic heterocycles. The van der Waals surface area contributed by atoms with Crippen LogP contribution in [0.25, 0.3) is 0 Å². The van der Waals surface area contributed by atoms with Crippen LogP contribution in [0.2, 0.25) is 0 Å². The number of nitrogens with one attached hydrogen (secondary N) is 2. The van der Waals surface area contributed by atoms with Crippen LogP contribution in [-0.4, -0.2) is 30.2 Å². The van der Waals surface area contributed by atoms with Crippen molar-refractivity contribution in [2.75, 3.05) is 18.5 Å². The summed E-state index contributed by atoms with van der Waals surface area (Å²) in [7, 11) is 0. The maximum Gasteiger partial charge on any atom is 0.251 e. The second-order valence-corrected chi connectivity index (χ2v) is 6.20. The molecule has 1 aromatic rings. The summed E-state index contributed by atoms with van der Waals surface area (Å²) in [5.74, 6) is 1.37. The number of carbonyl (C=O) groups excluding carboxylic acids is 1. The van der Waals surface area contributed by atoms with Crippen molar-refractivity contribution in [3.05, 3.63) is 29.8 Å². The average Bonchev–Trinajstić information content (AvgIpc) is 2.48. The molecule has 1 aliphatic carbocycles. The second-order valence-electron chi connectivity index (χ2n) is 6.20. The zero-order valence-electron chi connectivity index (χ0n) is 12.9. The zero-order chi connectivity index (χ0) is 15.2. The molecule has 0 radical (unpaired) electrons. The van der Waals surface area contributed by atoms with Gasteiger partial charge in [0.05, 0.1) is 6.61 Å². The summed E-state index contributed by atoms with van der Waals surface area (Å²) in [4.78, 5) is 11.8. The highest BCUT2D eigenvalue weighted by Crippen LogP contribution is 2.30. The van der Waals surface area contributed by atoms with Crippen molar-refractivity contribution in [1.82, 2.24) is 5.32 Å². The summed E-state index contributed by atoms with van der Waals surface area (Å²) in [5.41, 5.74) is 1.69. The van der Waals surface area contributed by atoms with Gasteiger partial charge in [-0.3, -0.25) is 4.79 Å². The van der Waals surface area contributed by atoms with Gasteiger partial charge in [0, 0.05) is 23.8 Å². The van der Waals surface area contributed by atoms with Gasteiger partial charge < -0.3 is 15.7 Å². The summed E-state index contributed by atoms with van der Waals surface area (Å²) in [6.45, 7) is 4.89. The summed E-state index contributed by atoms with van der Waals surface area (Å²) >= 11 is 0. The van der Waals surface area contributed by atoms with Gasteiger partial charge in [-0.05, 0) is 55.4 Å². The Morgan fingerprint density at radius 2 is 1.95 bits per heavy atom. The van der Waals surface area contributed by atoms with Gasteiger partial charge in [0.2, 0.25) is 0 Å². The van der Waals surface area contributed by atoms with Crippen LogP contribution in [-0.2, 0) is 0 Å². The highest BCUT2D eigenvalue weighted by atomic mass is 16.3. The SMILES string of the molecule is CC1CCC(Nc2ccc(C(=O)NCCO)cc2)C(C)C1. The number of amides is 1. The monoisotopic (exact) mass is 290 g/mol. The van der Waals surface area contributed by atoms with Crippen LogP contribution in [0.1, 0.15) is 43.5 Å². The number of aliphatic hydroxyl groups excluding tert-OH is 1. The molecule has 0 heterocycles. The lowest BCUT2D eigenvalue weighted by Gasteiger charge is -2.33. The zero-order valence-corrected chi connectivity index (χ0v) is 12.9. The third-order valence-electron chi connectivity index (χ3n) is 4.33. The lowest BCUT2D eigenvalue weighted by molar-refractivity contribution is 0.0945. The van der Waals surface area contributed by atoms with Crippen molar-refractivity contribution in [3.8, 4) is 0 Å². The minimum absolute atomic E-state index is 0.0383. The highest BCUT2D eigenvalue weighted by Gasteiger charge is 2.24. The standard InChI is InChI=1S/C17H26N2O2/c1-12-3-8-16(13(2)11-12)19-15-6-4-14(5-7-15)17(21)18-9-10-20/h4-7,12-13,16,19-20H,3,8-11H2,1-2H3,(H,18,21). The van der Waals surface area contributed by atoms with E-state index in [4.69, 9.17) is 5.11 Å². The molecular weight excluding hydrogens is 264 g/mol. The van der Waals surface area contributed by atoms with E-state index >= 15 is 0 Å². The molecule has 4 nitrogen and oxygen atoms in total. The van der Waals surface area contributed by atoms with Gasteiger partial charge in [0.1, 0.15) is 0 Å². The highest BCUT2D eigenvalue weighted by molar-refractivity contribution is 5.94. The average molecular weight is 290 g/mol. The molecule has 3 atom stereocenters. The van der Waals surface area contributed by atoms with Gasteiger partial charge in [-0.15, -0.1) is 0 Å². The van der Waals surface area contributed by atoms with Crippen molar-refractivity contribution in [2.24, 2.45) is 11.8 Å². The minimum Gasteiger partial charge on any atom is -0.395 e. The molecule has 3 unspecified atom stereocenters. The van der Waals surface area contributed by atoms with E-state index in [0.29, 0.717) is 17.5 Å². The normalized spacial score (nSPS) is 25.4. The van der Waals surface area contributed by atoms with Crippen LogP contribution in [0, 0.1) is 11.8 Å². The Morgan fingerprint density at radius 3 is 2.57 bits per heavy atom. The first kappa shape index (κ1) is 15.8. The lowest BCUT2D eigenvalue weighted by Crippen LogP contribution is -2.33. The van der Waals surface area contributed by atoms with E-state index in [0.717, 1.165) is 11.6 Å². The third kappa shape index (κ3) is 4.46. The van der Waals surface area contributed by atoms with Gasteiger partial charge in [-0.2, -0.15) is 0 Å². The molecule has 21 heavy (non-hydrogen) atoms. The molecule has 0 aliphatic heterocycles. The maximum absolute atomic E-state index is 11.8. The van der Waals surface area contributed by atoms with E-state index in [1.807, 2.05) is 24.3 Å². The van der Waals surface area contributed by atoms with E-state index in [2.05, 4.69) is 24.5 Å². The first-order valence-electron chi connectivity index (χ1n) is 7.85. The number of anilines is 1. The summed E-state index contributed by atoms with van der Waals surface area (Å²) in [6, 6.07) is 8.09. The molecule has 116 valence electrons. The summed E-state index contributed by atoms with van der Waals surface area (Å²) in [5, 5.41) is 14.9. The predicted octanol–water partition coefficient (Wildman–Crippen LogP) is 2.65. The molecule has 1 fully saturated rings. The van der Waals surface area contributed by atoms with Gasteiger partial charge >= 0.3 is 0 Å². The largest absolute Gasteiger partial charge is 0.395 e. The fourth-order valence-electron chi connectivity index (χ4n) is 3.08. The summed E-state index contributed by atoms with van der Waals surface area (Å²) < 4.78 is 0. The molecule has 3 N–H and O–H groups in total. The Balaban J connectivity index is 1.91. The van der Waals surface area contributed by atoms with Crippen molar-refractivity contribution < 1.29 is 9.90 Å². The molecule has 0 saturated heterocycles. The Bertz CT molecular complexity index is 458. The van der Waals surface area contributed by atoms with Crippen LogP contribution in [0.5, 0.6) is 0 Å². The molecule has 1 aliphatic rings. The van der Waals surface area contributed by atoms with Crippen LogP contribution >= 0.6 is 0 Å². The van der Waals surface area contributed by atoms with E-state index in [-0.39, 0.29) is 19.1 Å². The van der Waals surface area contributed by atoms with Crippen molar-refractivity contribution >= 4 is 11.6 Å². The smallest absolute Gasteiger partial charge is 0.251 e. The minimum atomic E-state index is -0.143. The Hall–Kier alpha value is -1.55. The molecular formula is C17H26N2O2. The maximum atomic E-state index is 11.8. The number of hydrogen-bond donors (Lipinski definition) is 3. The fourth-order valence-corrected chi connectivity index (χ4v) is 3.08. The van der Waals surface area contributed by atoms with Gasteiger partial charge in [-0.25, -0.2) is 0 Å². The lowest BCUT2D eigenvalue weighted by atomic mass is 9.80. The molecule has 4 heteroatoms. The van der Waals surface area contributed by atoms with E-state index in [1.165, 1.54) is 19.3 Å². The first-order chi connectivity index (χ1) is 10.1. The quantitative estimate of drug-likeness (QED) is 0.781. The van der Waals surface area contributed by atoms with Crippen molar-refractivity contribution in [1.29, 1.82) is 0 Å². The van der Waals surface area contributed by atoms with Crippen molar-refractivity contribution in [2.45, 2.75) is 39.2 Å². The number of benzene rings is 1.